The molecule has 0 spiro atoms. The zero-order valence-electron chi connectivity index (χ0n) is 6.33. The molecule has 0 bridgehead atoms. The molecule has 0 aliphatic carbocycles. The van der Waals surface area contributed by atoms with Crippen LogP contribution in [0.4, 0.5) is 0 Å². The summed E-state index contributed by atoms with van der Waals surface area (Å²) in [6, 6.07) is 12.0. The largest absolute Gasteiger partial charge is 0.483 e. The van der Waals surface area contributed by atoms with Gasteiger partial charge in [-0.05, 0) is 0 Å². The molecule has 0 amide bonds. The summed E-state index contributed by atoms with van der Waals surface area (Å²) in [7, 11) is 0. The van der Waals surface area contributed by atoms with Crippen LogP contribution in [0.15, 0.2) is 36.4 Å². The summed E-state index contributed by atoms with van der Waals surface area (Å²) < 4.78 is 0. The van der Waals surface area contributed by atoms with Crippen molar-refractivity contribution < 1.29 is 19.8 Å². The van der Waals surface area contributed by atoms with Gasteiger partial charge in [0.1, 0.15) is 0 Å². The summed E-state index contributed by atoms with van der Waals surface area (Å²) in [5, 5.41) is 13.8. The zero-order valence-corrected chi connectivity index (χ0v) is 6.33. The summed E-state index contributed by atoms with van der Waals surface area (Å²) in [6.07, 6.45) is 0. The molecule has 66 valence electrons. The van der Waals surface area contributed by atoms with Crippen molar-refractivity contribution in [3.63, 3.8) is 0 Å². The number of hydrogen-bond acceptors (Lipinski definition) is 2. The van der Waals surface area contributed by atoms with Crippen molar-refractivity contribution in [2.45, 2.75) is 0 Å². The third-order valence-corrected chi connectivity index (χ3v) is 0.667. The van der Waals surface area contributed by atoms with Crippen LogP contribution < -0.4 is 0 Å². The molecule has 4 heteroatoms. The van der Waals surface area contributed by atoms with E-state index in [4.69, 9.17) is 19.8 Å². The van der Waals surface area contributed by atoms with Gasteiger partial charge in [0, 0.05) is 0 Å². The molecule has 0 aliphatic heterocycles. The van der Waals surface area contributed by atoms with Crippen LogP contribution in [0.5, 0.6) is 0 Å². The molecule has 0 saturated carbocycles. The molecule has 0 aliphatic rings. The fraction of sp³-hybridized carbons (Fsp3) is 0. The second-order valence-electron chi connectivity index (χ2n) is 1.37. The minimum atomic E-state index is -0.250. The number of carbonyl (C=O) groups is 2. The maximum Gasteiger partial charge on any atom is 0.290 e. The van der Waals surface area contributed by atoms with E-state index in [1.54, 1.807) is 0 Å². The quantitative estimate of drug-likeness (QED) is 0.571. The van der Waals surface area contributed by atoms with Crippen LogP contribution in [0.25, 0.3) is 0 Å². The van der Waals surface area contributed by atoms with Crippen LogP contribution in [0, 0.1) is 0 Å². The van der Waals surface area contributed by atoms with Gasteiger partial charge in [-0.25, -0.2) is 0 Å². The van der Waals surface area contributed by atoms with Crippen molar-refractivity contribution in [2.24, 2.45) is 0 Å². The summed E-state index contributed by atoms with van der Waals surface area (Å²) in [6.45, 7) is -0.500. The Kier molecular flexibility index (Phi) is 17.1. The molecule has 0 aromatic heterocycles. The first-order valence-corrected chi connectivity index (χ1v) is 2.99. The van der Waals surface area contributed by atoms with Crippen molar-refractivity contribution in [2.75, 3.05) is 0 Å². The number of rotatable bonds is 0. The average molecular weight is 170 g/mol. The number of hydrogen-bond donors (Lipinski definition) is 2. The number of carboxylic acid groups (broad SMARTS) is 2. The Morgan fingerprint density at radius 1 is 0.667 bits per heavy atom. The molecule has 0 unspecified atom stereocenters. The van der Waals surface area contributed by atoms with Crippen molar-refractivity contribution in [1.82, 2.24) is 0 Å². The average Bonchev–Trinajstić information content (AvgIpc) is 2.10. The van der Waals surface area contributed by atoms with Gasteiger partial charge in [0.15, 0.2) is 0 Å². The highest BCUT2D eigenvalue weighted by molar-refractivity contribution is 5.33. The van der Waals surface area contributed by atoms with E-state index in [1.165, 1.54) is 0 Å². The van der Waals surface area contributed by atoms with Gasteiger partial charge in [-0.2, -0.15) is 0 Å². The van der Waals surface area contributed by atoms with Gasteiger partial charge in [-0.3, -0.25) is 9.59 Å². The minimum Gasteiger partial charge on any atom is -0.483 e. The van der Waals surface area contributed by atoms with Gasteiger partial charge in [-0.15, -0.1) is 0 Å². The molecule has 0 heterocycles. The SMILES string of the molecule is O=CO.O=CO.c1ccccc1. The number of benzene rings is 1. The smallest absolute Gasteiger partial charge is 0.290 e. The fourth-order valence-electron chi connectivity index (χ4n) is 0.385. The van der Waals surface area contributed by atoms with Gasteiger partial charge in [0.05, 0.1) is 0 Å². The third-order valence-electron chi connectivity index (χ3n) is 0.667. The second kappa shape index (κ2) is 16.1. The van der Waals surface area contributed by atoms with Crippen LogP contribution >= 0.6 is 0 Å². The predicted molar refractivity (Wildman–Crippen MR) is 43.8 cm³/mol. The molecule has 1 aromatic rings. The molecule has 0 atom stereocenters. The molecule has 0 radical (unpaired) electrons. The van der Waals surface area contributed by atoms with Crippen LogP contribution in [0.2, 0.25) is 0 Å². The van der Waals surface area contributed by atoms with E-state index in [2.05, 4.69) is 0 Å². The van der Waals surface area contributed by atoms with E-state index < -0.39 is 0 Å². The highest BCUT2D eigenvalue weighted by Gasteiger charge is 1.57. The maximum atomic E-state index is 8.36. The summed E-state index contributed by atoms with van der Waals surface area (Å²) in [4.78, 5) is 16.7. The Morgan fingerprint density at radius 3 is 0.833 bits per heavy atom. The van der Waals surface area contributed by atoms with Gasteiger partial charge in [0.25, 0.3) is 12.9 Å². The van der Waals surface area contributed by atoms with Gasteiger partial charge < -0.3 is 10.2 Å². The van der Waals surface area contributed by atoms with E-state index in [-0.39, 0.29) is 12.9 Å². The van der Waals surface area contributed by atoms with E-state index in [0.717, 1.165) is 0 Å². The first-order valence-electron chi connectivity index (χ1n) is 2.99. The molecule has 12 heavy (non-hydrogen) atoms. The minimum absolute atomic E-state index is 0.250. The van der Waals surface area contributed by atoms with Gasteiger partial charge >= 0.3 is 0 Å². The molecular formula is C8H10O4. The van der Waals surface area contributed by atoms with E-state index in [9.17, 15) is 0 Å². The summed E-state index contributed by atoms with van der Waals surface area (Å²) in [5.74, 6) is 0. The topological polar surface area (TPSA) is 74.6 Å². The molecule has 0 fully saturated rings. The van der Waals surface area contributed by atoms with Crippen LogP contribution in [-0.2, 0) is 9.59 Å². The molecule has 2 N–H and O–H groups in total. The summed E-state index contributed by atoms with van der Waals surface area (Å²) >= 11 is 0. The highest BCUT2D eigenvalue weighted by Crippen LogP contribution is 1.79. The first-order chi connectivity index (χ1) is 5.83. The van der Waals surface area contributed by atoms with Crippen LogP contribution in [0.1, 0.15) is 0 Å². The second-order valence-corrected chi connectivity index (χ2v) is 1.37. The first kappa shape index (κ1) is 12.8. The normalized spacial score (nSPS) is 6.00. The maximum absolute atomic E-state index is 8.36. The molecule has 4 nitrogen and oxygen atoms in total. The highest BCUT2D eigenvalue weighted by atomic mass is 16.3. The Bertz CT molecular complexity index is 141. The van der Waals surface area contributed by atoms with Gasteiger partial charge in [0.2, 0.25) is 0 Å². The standard InChI is InChI=1S/C6H6.2CH2O2/c1-2-4-6-5-3-1;2*2-1-3/h1-6H;2*1H,(H,2,3). The van der Waals surface area contributed by atoms with Crippen LogP contribution in [0.3, 0.4) is 0 Å². The van der Waals surface area contributed by atoms with Crippen LogP contribution in [-0.4, -0.2) is 23.2 Å². The van der Waals surface area contributed by atoms with Crippen molar-refractivity contribution in [3.8, 4) is 0 Å². The molecular weight excluding hydrogens is 160 g/mol. The Morgan fingerprint density at radius 2 is 0.750 bits per heavy atom. The lowest BCUT2D eigenvalue weighted by molar-refractivity contribution is -0.123. The van der Waals surface area contributed by atoms with E-state index in [0.29, 0.717) is 0 Å². The molecule has 1 aromatic carbocycles. The molecule has 1 rings (SSSR count). The van der Waals surface area contributed by atoms with Crippen molar-refractivity contribution in [1.29, 1.82) is 0 Å². The van der Waals surface area contributed by atoms with Crippen molar-refractivity contribution in [3.05, 3.63) is 36.4 Å². The predicted octanol–water partition coefficient (Wildman–Crippen LogP) is 1.09. The van der Waals surface area contributed by atoms with Crippen molar-refractivity contribution >= 4 is 12.9 Å². The van der Waals surface area contributed by atoms with Gasteiger partial charge in [-0.1, -0.05) is 36.4 Å². The Balaban J connectivity index is 0. The monoisotopic (exact) mass is 170 g/mol. The Labute approximate surface area is 70.1 Å². The Hall–Kier alpha value is -1.84. The third kappa shape index (κ3) is 24.2. The van der Waals surface area contributed by atoms with E-state index >= 15 is 0 Å². The lowest BCUT2D eigenvalue weighted by Crippen LogP contribution is -1.49. The molecule has 0 saturated heterocycles. The lowest BCUT2D eigenvalue weighted by Gasteiger charge is -1.69. The lowest BCUT2D eigenvalue weighted by atomic mass is 10.4. The zero-order chi connectivity index (χ0) is 9.66. The van der Waals surface area contributed by atoms with E-state index in [1.807, 2.05) is 36.4 Å². The summed E-state index contributed by atoms with van der Waals surface area (Å²) in [5.41, 5.74) is 0. The fourth-order valence-corrected chi connectivity index (χ4v) is 0.385.